The molecule has 0 amide bonds. The Morgan fingerprint density at radius 3 is 2.53 bits per heavy atom. The van der Waals surface area contributed by atoms with E-state index in [2.05, 4.69) is 47.1 Å². The molecule has 0 saturated carbocycles. The molecule has 2 aromatic rings. The summed E-state index contributed by atoms with van der Waals surface area (Å²) >= 11 is 6.65. The number of amidine groups is 1. The molecule has 0 aliphatic heterocycles. The minimum absolute atomic E-state index is 0.378. The van der Waals surface area contributed by atoms with Gasteiger partial charge in [0, 0.05) is 6.42 Å². The van der Waals surface area contributed by atoms with Crippen molar-refractivity contribution in [2.75, 3.05) is 5.32 Å². The number of hydrogen-bond acceptors (Lipinski definition) is 3. The van der Waals surface area contributed by atoms with E-state index < -0.39 is 0 Å². The highest BCUT2D eigenvalue weighted by atomic mass is 79.9. The fourth-order valence-corrected chi connectivity index (χ4v) is 2.42. The van der Waals surface area contributed by atoms with Crippen LogP contribution in [0.5, 0.6) is 0 Å². The summed E-state index contributed by atoms with van der Waals surface area (Å²) in [4.78, 5) is 8.59. The Balaban J connectivity index is 2.09. The average Bonchev–Trinajstić information content (AvgIpc) is 2.37. The molecule has 0 aliphatic carbocycles. The normalized spacial score (nSPS) is 10.3. The molecule has 0 bridgehead atoms. The van der Waals surface area contributed by atoms with Crippen LogP contribution in [0.1, 0.15) is 11.3 Å². The van der Waals surface area contributed by atoms with Gasteiger partial charge in [-0.3, -0.25) is 5.41 Å². The number of nitrogens with zero attached hydrogens (tertiary/aromatic N) is 2. The first-order valence-corrected chi connectivity index (χ1v) is 7.23. The van der Waals surface area contributed by atoms with Crippen LogP contribution in [0.25, 0.3) is 0 Å². The minimum Gasteiger partial charge on any atom is -0.326 e. The maximum absolute atomic E-state index is 7.97. The van der Waals surface area contributed by atoms with E-state index in [0.29, 0.717) is 27.3 Å². The molecule has 0 aliphatic rings. The Morgan fingerprint density at radius 2 is 1.84 bits per heavy atom. The van der Waals surface area contributed by atoms with Gasteiger partial charge in [0.1, 0.15) is 15.0 Å². The first kappa shape index (κ1) is 14.1. The van der Waals surface area contributed by atoms with Crippen molar-refractivity contribution in [3.8, 4) is 0 Å². The maximum atomic E-state index is 7.97. The topological polar surface area (TPSA) is 61.7 Å². The molecule has 2 rings (SSSR count). The van der Waals surface area contributed by atoms with Crippen LogP contribution < -0.4 is 5.32 Å². The van der Waals surface area contributed by atoms with Gasteiger partial charge in [-0.25, -0.2) is 9.97 Å². The number of halogens is 2. The van der Waals surface area contributed by atoms with Crippen molar-refractivity contribution in [3.63, 3.8) is 0 Å². The summed E-state index contributed by atoms with van der Waals surface area (Å²) < 4.78 is 1.28. The summed E-state index contributed by atoms with van der Waals surface area (Å²) in [7, 11) is 0. The monoisotopic (exact) mass is 382 g/mol. The maximum Gasteiger partial charge on any atom is 0.164 e. The molecule has 0 fully saturated rings. The summed E-state index contributed by atoms with van der Waals surface area (Å²) in [6.45, 7) is 1.86. The van der Waals surface area contributed by atoms with Crippen molar-refractivity contribution in [1.82, 2.24) is 9.97 Å². The Labute approximate surface area is 128 Å². The second kappa shape index (κ2) is 6.25. The van der Waals surface area contributed by atoms with Crippen LogP contribution in [0.4, 0.5) is 5.82 Å². The third-order valence-corrected chi connectivity index (χ3v) is 3.77. The van der Waals surface area contributed by atoms with Crippen LogP contribution >= 0.6 is 31.9 Å². The highest BCUT2D eigenvalue weighted by Gasteiger charge is 2.09. The molecule has 1 aromatic heterocycles. The lowest BCUT2D eigenvalue weighted by molar-refractivity contribution is 1.06. The Hall–Kier alpha value is -1.27. The molecular formula is C13H12Br2N4. The van der Waals surface area contributed by atoms with Crippen LogP contribution in [0, 0.1) is 12.3 Å². The molecule has 98 valence electrons. The van der Waals surface area contributed by atoms with Gasteiger partial charge in [-0.15, -0.1) is 0 Å². The number of nitrogens with one attached hydrogen (secondary N) is 2. The van der Waals surface area contributed by atoms with Crippen LogP contribution in [-0.4, -0.2) is 15.8 Å². The van der Waals surface area contributed by atoms with Crippen LogP contribution in [0.3, 0.4) is 0 Å². The molecule has 2 N–H and O–H groups in total. The van der Waals surface area contributed by atoms with Gasteiger partial charge in [0.25, 0.3) is 0 Å². The molecule has 4 nitrogen and oxygen atoms in total. The predicted octanol–water partition coefficient (Wildman–Crippen LogP) is 3.94. The number of aromatic nitrogens is 2. The average molecular weight is 384 g/mol. The van der Waals surface area contributed by atoms with Crippen molar-refractivity contribution in [2.45, 2.75) is 13.3 Å². The quantitative estimate of drug-likeness (QED) is 0.623. The molecule has 1 heterocycles. The minimum atomic E-state index is 0.378. The third-order valence-electron chi connectivity index (χ3n) is 2.46. The van der Waals surface area contributed by atoms with Gasteiger partial charge >= 0.3 is 0 Å². The molecule has 0 radical (unpaired) electrons. The molecule has 1 aromatic carbocycles. The summed E-state index contributed by atoms with van der Waals surface area (Å²) in [5.41, 5.74) is 1.86. The van der Waals surface area contributed by atoms with E-state index in [0.717, 1.165) is 11.3 Å². The van der Waals surface area contributed by atoms with Crippen molar-refractivity contribution < 1.29 is 0 Å². The molecule has 0 saturated heterocycles. The summed E-state index contributed by atoms with van der Waals surface area (Å²) in [5, 5.41) is 10.9. The van der Waals surface area contributed by atoms with E-state index in [4.69, 9.17) is 5.41 Å². The first-order chi connectivity index (χ1) is 9.06. The lowest BCUT2D eigenvalue weighted by Crippen LogP contribution is -2.15. The van der Waals surface area contributed by atoms with Gasteiger partial charge in [0.15, 0.2) is 5.82 Å². The molecule has 0 spiro atoms. The van der Waals surface area contributed by atoms with Crippen molar-refractivity contribution in [2.24, 2.45) is 0 Å². The first-order valence-electron chi connectivity index (χ1n) is 5.64. The highest BCUT2D eigenvalue weighted by molar-refractivity contribution is 9.11. The molecular weight excluding hydrogens is 372 g/mol. The van der Waals surface area contributed by atoms with Crippen LogP contribution in [-0.2, 0) is 6.42 Å². The summed E-state index contributed by atoms with van der Waals surface area (Å²) in [5.74, 6) is 0.935. The number of aryl methyl sites for hydroxylation is 1. The van der Waals surface area contributed by atoms with Gasteiger partial charge in [0.05, 0.1) is 5.69 Å². The van der Waals surface area contributed by atoms with E-state index in [1.54, 1.807) is 0 Å². The largest absolute Gasteiger partial charge is 0.326 e. The fraction of sp³-hybridized carbons (Fsp3) is 0.154. The zero-order valence-electron chi connectivity index (χ0n) is 10.2. The van der Waals surface area contributed by atoms with Gasteiger partial charge in [-0.2, -0.15) is 0 Å². The molecule has 6 heteroatoms. The highest BCUT2D eigenvalue weighted by Crippen LogP contribution is 2.22. The fourth-order valence-electron chi connectivity index (χ4n) is 1.55. The van der Waals surface area contributed by atoms with E-state index in [1.807, 2.05) is 37.3 Å². The Kier molecular flexibility index (Phi) is 4.66. The molecule has 0 atom stereocenters. The Bertz CT molecular complexity index is 599. The van der Waals surface area contributed by atoms with E-state index in [-0.39, 0.29) is 0 Å². The van der Waals surface area contributed by atoms with Crippen molar-refractivity contribution in [1.29, 1.82) is 5.41 Å². The van der Waals surface area contributed by atoms with Crippen LogP contribution in [0.15, 0.2) is 39.5 Å². The van der Waals surface area contributed by atoms with Crippen molar-refractivity contribution >= 4 is 43.5 Å². The number of rotatable bonds is 3. The lowest BCUT2D eigenvalue weighted by Gasteiger charge is -2.10. The number of benzene rings is 1. The van der Waals surface area contributed by atoms with Gasteiger partial charge < -0.3 is 5.32 Å². The summed E-state index contributed by atoms with van der Waals surface area (Å²) in [6, 6.07) is 9.86. The van der Waals surface area contributed by atoms with E-state index in [9.17, 15) is 0 Å². The Morgan fingerprint density at radius 1 is 1.16 bits per heavy atom. The van der Waals surface area contributed by atoms with Crippen molar-refractivity contribution in [3.05, 3.63) is 50.8 Å². The zero-order chi connectivity index (χ0) is 13.8. The molecule has 19 heavy (non-hydrogen) atoms. The van der Waals surface area contributed by atoms with Gasteiger partial charge in [-0.1, -0.05) is 30.3 Å². The van der Waals surface area contributed by atoms with Crippen LogP contribution in [0.2, 0.25) is 0 Å². The third kappa shape index (κ3) is 3.84. The molecule has 0 unspecified atom stereocenters. The van der Waals surface area contributed by atoms with Gasteiger partial charge in [-0.05, 0) is 44.3 Å². The van der Waals surface area contributed by atoms with E-state index >= 15 is 0 Å². The second-order valence-electron chi connectivity index (χ2n) is 4.01. The predicted molar refractivity (Wildman–Crippen MR) is 83.7 cm³/mol. The number of hydrogen-bond donors (Lipinski definition) is 2. The smallest absolute Gasteiger partial charge is 0.164 e. The van der Waals surface area contributed by atoms with E-state index in [1.165, 1.54) is 0 Å². The number of anilines is 1. The zero-order valence-corrected chi connectivity index (χ0v) is 13.4. The lowest BCUT2D eigenvalue weighted by atomic mass is 10.1. The summed E-state index contributed by atoms with van der Waals surface area (Å²) in [6.07, 6.45) is 0.532. The SMILES string of the molecule is Cc1nc(NC(=N)Cc2ccccc2)c(Br)nc1Br. The van der Waals surface area contributed by atoms with Gasteiger partial charge in [0.2, 0.25) is 0 Å². The second-order valence-corrected chi connectivity index (χ2v) is 5.51. The standard InChI is InChI=1S/C13H12Br2N4/c1-8-11(14)19-12(15)13(17-8)18-10(16)7-9-5-3-2-4-6-9/h2-6H,7H2,1H3,(H2,16,17,18).